The van der Waals surface area contributed by atoms with Crippen molar-refractivity contribution < 1.29 is 0 Å². The van der Waals surface area contributed by atoms with Crippen molar-refractivity contribution in [3.8, 4) is 17.6 Å². The van der Waals surface area contributed by atoms with Gasteiger partial charge in [-0.25, -0.2) is 9.97 Å². The van der Waals surface area contributed by atoms with Gasteiger partial charge in [-0.2, -0.15) is 5.26 Å². The summed E-state index contributed by atoms with van der Waals surface area (Å²) in [5.74, 6) is 0.900. The predicted molar refractivity (Wildman–Crippen MR) is 70.2 cm³/mol. The van der Waals surface area contributed by atoms with Gasteiger partial charge >= 0.3 is 0 Å². The quantitative estimate of drug-likeness (QED) is 0.792. The fourth-order valence-electron chi connectivity index (χ4n) is 1.96. The molecule has 90 valence electrons. The summed E-state index contributed by atoms with van der Waals surface area (Å²) in [5.41, 5.74) is 1.46. The highest BCUT2D eigenvalue weighted by Crippen LogP contribution is 2.37. The zero-order valence-electron chi connectivity index (χ0n) is 10.00. The number of nitrogens with zero attached hydrogens (tertiary/aromatic N) is 4. The highest BCUT2D eigenvalue weighted by molar-refractivity contribution is 7.98. The second-order valence-electron chi connectivity index (χ2n) is 4.25. The molecule has 2 heterocycles. The van der Waals surface area contributed by atoms with Crippen molar-refractivity contribution in [1.82, 2.24) is 14.5 Å². The first-order valence-electron chi connectivity index (χ1n) is 5.82. The van der Waals surface area contributed by atoms with Crippen molar-refractivity contribution in [2.24, 2.45) is 0 Å². The van der Waals surface area contributed by atoms with E-state index in [4.69, 9.17) is 5.26 Å². The van der Waals surface area contributed by atoms with Gasteiger partial charge in [0.05, 0.1) is 5.56 Å². The van der Waals surface area contributed by atoms with Crippen molar-refractivity contribution in [3.63, 3.8) is 0 Å². The zero-order chi connectivity index (χ0) is 12.5. The molecule has 1 saturated carbocycles. The first-order chi connectivity index (χ1) is 8.83. The minimum atomic E-state index is 0.581. The maximum Gasteiger partial charge on any atom is 0.158 e. The smallest absolute Gasteiger partial charge is 0.158 e. The number of imidazole rings is 1. The van der Waals surface area contributed by atoms with Crippen LogP contribution in [0, 0.1) is 11.3 Å². The molecule has 2 aromatic heterocycles. The van der Waals surface area contributed by atoms with Crippen LogP contribution < -0.4 is 0 Å². The van der Waals surface area contributed by atoms with E-state index in [9.17, 15) is 0 Å². The SMILES string of the molecule is CSc1nc(-c2nccn2C2CC2)ccc1C#N. The minimum absolute atomic E-state index is 0.581. The summed E-state index contributed by atoms with van der Waals surface area (Å²) < 4.78 is 2.18. The Morgan fingerprint density at radius 2 is 2.28 bits per heavy atom. The number of pyridine rings is 1. The molecule has 4 nitrogen and oxygen atoms in total. The molecule has 0 aliphatic heterocycles. The molecule has 0 atom stereocenters. The van der Waals surface area contributed by atoms with Crippen LogP contribution in [0.15, 0.2) is 29.6 Å². The highest BCUT2D eigenvalue weighted by atomic mass is 32.2. The summed E-state index contributed by atoms with van der Waals surface area (Å²) in [5, 5.41) is 9.76. The van der Waals surface area contributed by atoms with E-state index < -0.39 is 0 Å². The Morgan fingerprint density at radius 1 is 1.44 bits per heavy atom. The number of hydrogen-bond donors (Lipinski definition) is 0. The summed E-state index contributed by atoms with van der Waals surface area (Å²) in [4.78, 5) is 8.92. The van der Waals surface area contributed by atoms with Gasteiger partial charge in [0, 0.05) is 18.4 Å². The average Bonchev–Trinajstić information content (AvgIpc) is 3.15. The van der Waals surface area contributed by atoms with Crippen molar-refractivity contribution in [2.75, 3.05) is 6.26 Å². The van der Waals surface area contributed by atoms with Gasteiger partial charge < -0.3 is 4.57 Å². The van der Waals surface area contributed by atoms with Crippen LogP contribution in [0.3, 0.4) is 0 Å². The molecule has 0 spiro atoms. The van der Waals surface area contributed by atoms with Crippen LogP contribution in [0.25, 0.3) is 11.5 Å². The van der Waals surface area contributed by atoms with Crippen molar-refractivity contribution in [3.05, 3.63) is 30.1 Å². The molecule has 5 heteroatoms. The molecule has 0 bridgehead atoms. The Labute approximate surface area is 110 Å². The fraction of sp³-hybridized carbons (Fsp3) is 0.308. The third kappa shape index (κ3) is 1.89. The van der Waals surface area contributed by atoms with Crippen molar-refractivity contribution >= 4 is 11.8 Å². The zero-order valence-corrected chi connectivity index (χ0v) is 10.8. The predicted octanol–water partition coefficient (Wildman–Crippen LogP) is 2.87. The lowest BCUT2D eigenvalue weighted by Gasteiger charge is -2.07. The summed E-state index contributed by atoms with van der Waals surface area (Å²) in [7, 11) is 0. The molecule has 0 saturated heterocycles. The molecule has 0 amide bonds. The molecule has 0 N–H and O–H groups in total. The van der Waals surface area contributed by atoms with Crippen LogP contribution in [0.1, 0.15) is 24.4 Å². The van der Waals surface area contributed by atoms with Crippen LogP contribution in [0.4, 0.5) is 0 Å². The number of nitriles is 1. The Hall–Kier alpha value is -1.80. The Balaban J connectivity index is 2.06. The lowest BCUT2D eigenvalue weighted by Crippen LogP contribution is -1.99. The van der Waals surface area contributed by atoms with Crippen LogP contribution in [0.2, 0.25) is 0 Å². The van der Waals surface area contributed by atoms with Gasteiger partial charge in [-0.3, -0.25) is 0 Å². The monoisotopic (exact) mass is 256 g/mol. The van der Waals surface area contributed by atoms with Gasteiger partial charge in [0.2, 0.25) is 0 Å². The number of aromatic nitrogens is 3. The molecule has 2 aromatic rings. The standard InChI is InChI=1S/C13H12N4S/c1-18-13-9(8-14)2-5-11(16-13)12-15-6-7-17(12)10-3-4-10/h2,5-7,10H,3-4H2,1H3. The Bertz CT molecular complexity index is 622. The Morgan fingerprint density at radius 3 is 2.94 bits per heavy atom. The fourth-order valence-corrected chi connectivity index (χ4v) is 2.49. The molecule has 1 aliphatic rings. The van der Waals surface area contributed by atoms with Crippen LogP contribution in [0.5, 0.6) is 0 Å². The third-order valence-corrected chi connectivity index (χ3v) is 3.71. The van der Waals surface area contributed by atoms with E-state index >= 15 is 0 Å². The van der Waals surface area contributed by atoms with E-state index in [0.717, 1.165) is 16.5 Å². The largest absolute Gasteiger partial charge is 0.327 e. The third-order valence-electron chi connectivity index (χ3n) is 3.01. The summed E-state index contributed by atoms with van der Waals surface area (Å²) >= 11 is 1.49. The minimum Gasteiger partial charge on any atom is -0.327 e. The van der Waals surface area contributed by atoms with Gasteiger partial charge in [0.15, 0.2) is 5.82 Å². The average molecular weight is 256 g/mol. The maximum atomic E-state index is 9.00. The molecule has 1 fully saturated rings. The second-order valence-corrected chi connectivity index (χ2v) is 5.05. The lowest BCUT2D eigenvalue weighted by molar-refractivity contribution is 0.746. The van der Waals surface area contributed by atoms with Crippen LogP contribution >= 0.6 is 11.8 Å². The van der Waals surface area contributed by atoms with Gasteiger partial charge in [0.1, 0.15) is 16.8 Å². The first-order valence-corrected chi connectivity index (χ1v) is 7.04. The van der Waals surface area contributed by atoms with Crippen molar-refractivity contribution in [1.29, 1.82) is 5.26 Å². The number of thioether (sulfide) groups is 1. The highest BCUT2D eigenvalue weighted by Gasteiger charge is 2.26. The molecule has 0 aromatic carbocycles. The van der Waals surface area contributed by atoms with E-state index in [1.54, 1.807) is 0 Å². The Kier molecular flexibility index (Phi) is 2.80. The van der Waals surface area contributed by atoms with Gasteiger partial charge in [0.25, 0.3) is 0 Å². The summed E-state index contributed by atoms with van der Waals surface area (Å²) in [6.07, 6.45) is 8.18. The number of rotatable bonds is 3. The molecular weight excluding hydrogens is 244 g/mol. The van der Waals surface area contributed by atoms with Gasteiger partial charge in [-0.1, -0.05) is 0 Å². The van der Waals surface area contributed by atoms with E-state index in [1.165, 1.54) is 24.6 Å². The van der Waals surface area contributed by atoms with E-state index in [-0.39, 0.29) is 0 Å². The topological polar surface area (TPSA) is 54.5 Å². The lowest BCUT2D eigenvalue weighted by atomic mass is 10.2. The first kappa shape index (κ1) is 11.3. The van der Waals surface area contributed by atoms with E-state index in [2.05, 4.69) is 20.6 Å². The van der Waals surface area contributed by atoms with Crippen LogP contribution in [-0.2, 0) is 0 Å². The molecule has 0 unspecified atom stereocenters. The molecular formula is C13H12N4S. The molecule has 3 rings (SSSR count). The van der Waals surface area contributed by atoms with Gasteiger partial charge in [-0.15, -0.1) is 11.8 Å². The van der Waals surface area contributed by atoms with E-state index in [0.29, 0.717) is 11.6 Å². The maximum absolute atomic E-state index is 9.00. The van der Waals surface area contributed by atoms with Crippen molar-refractivity contribution in [2.45, 2.75) is 23.9 Å². The summed E-state index contributed by atoms with van der Waals surface area (Å²) in [6, 6.07) is 6.43. The van der Waals surface area contributed by atoms with E-state index in [1.807, 2.05) is 30.8 Å². The second kappa shape index (κ2) is 4.46. The number of hydrogen-bond acceptors (Lipinski definition) is 4. The molecule has 18 heavy (non-hydrogen) atoms. The van der Waals surface area contributed by atoms with Crippen LogP contribution in [-0.4, -0.2) is 20.8 Å². The molecule has 0 radical (unpaired) electrons. The normalized spacial score (nSPS) is 14.4. The van der Waals surface area contributed by atoms with Gasteiger partial charge in [-0.05, 0) is 31.2 Å². The summed E-state index contributed by atoms with van der Waals surface area (Å²) in [6.45, 7) is 0. The molecule has 1 aliphatic carbocycles.